The van der Waals surface area contributed by atoms with Crippen molar-refractivity contribution in [2.45, 2.75) is 52.8 Å². The van der Waals surface area contributed by atoms with Crippen molar-refractivity contribution >= 4 is 29.9 Å². The summed E-state index contributed by atoms with van der Waals surface area (Å²) in [4.78, 5) is 8.38. The molecular weight excluding hydrogens is 509 g/mol. The Balaban J connectivity index is 0.00000450. The van der Waals surface area contributed by atoms with Crippen LogP contribution in [0, 0.1) is 0 Å². The van der Waals surface area contributed by atoms with Crippen molar-refractivity contribution in [1.29, 1.82) is 0 Å². The number of aromatic nitrogens is 1. The van der Waals surface area contributed by atoms with Gasteiger partial charge in [0.1, 0.15) is 5.76 Å². The molecule has 0 amide bonds. The van der Waals surface area contributed by atoms with E-state index in [1.165, 1.54) is 0 Å². The van der Waals surface area contributed by atoms with Crippen LogP contribution in [0.1, 0.15) is 44.9 Å². The Kier molecular flexibility index (Phi) is 10.3. The first kappa shape index (κ1) is 25.9. The van der Waals surface area contributed by atoms with Gasteiger partial charge in [-0.15, -0.1) is 24.0 Å². The third-order valence-corrected chi connectivity index (χ3v) is 3.94. The molecule has 30 heavy (non-hydrogen) atoms. The van der Waals surface area contributed by atoms with Gasteiger partial charge in [-0.05, 0) is 13.0 Å². The minimum Gasteiger partial charge on any atom is -0.490 e. The molecule has 1 aromatic heterocycles. The lowest BCUT2D eigenvalue weighted by atomic mass is 9.94. The highest BCUT2D eigenvalue weighted by atomic mass is 127. The Morgan fingerprint density at radius 2 is 1.93 bits per heavy atom. The number of rotatable bonds is 8. The second kappa shape index (κ2) is 11.9. The molecule has 0 saturated carbocycles. The van der Waals surface area contributed by atoms with Crippen molar-refractivity contribution in [3.63, 3.8) is 0 Å². The Morgan fingerprint density at radius 1 is 1.23 bits per heavy atom. The van der Waals surface area contributed by atoms with Gasteiger partial charge in [-0.2, -0.15) is 8.78 Å². The normalized spacial score (nSPS) is 11.8. The van der Waals surface area contributed by atoms with E-state index >= 15 is 0 Å². The molecule has 1 aromatic carbocycles. The van der Waals surface area contributed by atoms with Crippen LogP contribution in [0.5, 0.6) is 11.5 Å². The lowest BCUT2D eigenvalue weighted by Gasteiger charge is -2.17. The van der Waals surface area contributed by atoms with E-state index in [0.717, 1.165) is 5.76 Å². The van der Waals surface area contributed by atoms with E-state index in [-0.39, 0.29) is 47.4 Å². The molecule has 2 aromatic rings. The van der Waals surface area contributed by atoms with E-state index in [1.807, 2.05) is 20.8 Å². The van der Waals surface area contributed by atoms with Crippen LogP contribution >= 0.6 is 24.0 Å². The Morgan fingerprint density at radius 3 is 2.50 bits per heavy atom. The summed E-state index contributed by atoms with van der Waals surface area (Å²) in [7, 11) is 1.61. The van der Waals surface area contributed by atoms with E-state index in [2.05, 4.69) is 25.3 Å². The number of ether oxygens (including phenoxy) is 2. The third-order valence-electron chi connectivity index (χ3n) is 3.94. The fraction of sp³-hybridized carbons (Fsp3) is 0.500. The minimum absolute atomic E-state index is 0. The maximum absolute atomic E-state index is 12.8. The first-order chi connectivity index (χ1) is 13.7. The van der Waals surface area contributed by atoms with Crippen LogP contribution in [-0.2, 0) is 18.5 Å². The summed E-state index contributed by atoms with van der Waals surface area (Å²) in [5.74, 6) is 2.06. The highest BCUT2D eigenvalue weighted by Gasteiger charge is 2.19. The van der Waals surface area contributed by atoms with Crippen LogP contribution in [0.3, 0.4) is 0 Å². The zero-order valence-corrected chi connectivity index (χ0v) is 20.1. The molecule has 0 aliphatic heterocycles. The van der Waals surface area contributed by atoms with Crippen molar-refractivity contribution < 1.29 is 22.7 Å². The molecule has 0 saturated heterocycles. The van der Waals surface area contributed by atoms with Gasteiger partial charge in [0, 0.05) is 24.6 Å². The lowest BCUT2D eigenvalue weighted by Crippen LogP contribution is -2.36. The van der Waals surface area contributed by atoms with Crippen LogP contribution in [0.2, 0.25) is 0 Å². The minimum atomic E-state index is -2.95. The number of hydrogen-bond acceptors (Lipinski definition) is 5. The van der Waals surface area contributed by atoms with Crippen molar-refractivity contribution in [2.75, 3.05) is 13.7 Å². The Labute approximate surface area is 192 Å². The summed E-state index contributed by atoms with van der Waals surface area (Å²) < 4.78 is 41.5. The SMILES string of the molecule is CCOc1cccc(CNC(=NC)NCc2ncc(C(C)(C)C)o2)c1OC(F)F.I. The highest BCUT2D eigenvalue weighted by molar-refractivity contribution is 14.0. The van der Waals surface area contributed by atoms with Gasteiger partial charge in [0.25, 0.3) is 0 Å². The molecular formula is C20H29F2IN4O3. The van der Waals surface area contributed by atoms with Crippen molar-refractivity contribution in [3.05, 3.63) is 41.6 Å². The molecule has 0 atom stereocenters. The van der Waals surface area contributed by atoms with E-state index in [4.69, 9.17) is 9.15 Å². The zero-order chi connectivity index (χ0) is 21.4. The number of nitrogens with one attached hydrogen (secondary N) is 2. The Hall–Kier alpha value is -2.11. The fourth-order valence-electron chi connectivity index (χ4n) is 2.49. The van der Waals surface area contributed by atoms with Gasteiger partial charge >= 0.3 is 6.61 Å². The molecule has 0 aliphatic rings. The monoisotopic (exact) mass is 538 g/mol. The average molecular weight is 538 g/mol. The van der Waals surface area contributed by atoms with Crippen LogP contribution in [0.25, 0.3) is 0 Å². The number of halogens is 3. The van der Waals surface area contributed by atoms with Crippen LogP contribution in [0.15, 0.2) is 33.8 Å². The molecule has 0 bridgehead atoms. The van der Waals surface area contributed by atoms with E-state index in [1.54, 1.807) is 38.4 Å². The van der Waals surface area contributed by atoms with Gasteiger partial charge in [0.05, 0.1) is 19.3 Å². The van der Waals surface area contributed by atoms with Crippen molar-refractivity contribution in [1.82, 2.24) is 15.6 Å². The zero-order valence-electron chi connectivity index (χ0n) is 17.8. The molecule has 7 nitrogen and oxygen atoms in total. The molecule has 0 radical (unpaired) electrons. The summed E-state index contributed by atoms with van der Waals surface area (Å²) in [6.45, 7) is 5.83. The third kappa shape index (κ3) is 7.62. The predicted octanol–water partition coefficient (Wildman–Crippen LogP) is 4.46. The number of oxazole rings is 1. The number of aliphatic imine (C=N–C) groups is 1. The topological polar surface area (TPSA) is 80.9 Å². The van der Waals surface area contributed by atoms with Crippen LogP contribution in [-0.4, -0.2) is 31.2 Å². The molecule has 1 heterocycles. The van der Waals surface area contributed by atoms with Gasteiger partial charge in [-0.3, -0.25) is 4.99 Å². The van der Waals surface area contributed by atoms with Gasteiger partial charge < -0.3 is 24.5 Å². The molecule has 0 aliphatic carbocycles. The molecule has 2 N–H and O–H groups in total. The standard InChI is InChI=1S/C20H28F2N4O3.HI/c1-6-27-14-9-7-8-13(17(14)29-18(21)22)10-25-19(23-5)26-12-16-24-11-15(28-16)20(2,3)4;/h7-9,11,18H,6,10,12H2,1-5H3,(H2,23,25,26);1H. The first-order valence-electron chi connectivity index (χ1n) is 9.33. The molecule has 0 unspecified atom stereocenters. The van der Waals surface area contributed by atoms with E-state index < -0.39 is 6.61 Å². The smallest absolute Gasteiger partial charge is 0.387 e. The maximum atomic E-state index is 12.8. The second-order valence-corrected chi connectivity index (χ2v) is 7.20. The highest BCUT2D eigenvalue weighted by Crippen LogP contribution is 2.32. The van der Waals surface area contributed by atoms with Crippen LogP contribution in [0.4, 0.5) is 8.78 Å². The van der Waals surface area contributed by atoms with Crippen molar-refractivity contribution in [3.8, 4) is 11.5 Å². The number of guanidine groups is 1. The van der Waals surface area contributed by atoms with Gasteiger partial charge in [0.15, 0.2) is 17.5 Å². The number of para-hydroxylation sites is 1. The fourth-order valence-corrected chi connectivity index (χ4v) is 2.49. The molecule has 0 fully saturated rings. The second-order valence-electron chi connectivity index (χ2n) is 7.20. The van der Waals surface area contributed by atoms with Gasteiger partial charge in [0.2, 0.25) is 5.89 Å². The molecule has 10 heteroatoms. The quantitative estimate of drug-likeness (QED) is 0.294. The van der Waals surface area contributed by atoms with E-state index in [0.29, 0.717) is 30.6 Å². The molecule has 0 spiro atoms. The molecule has 168 valence electrons. The largest absolute Gasteiger partial charge is 0.490 e. The maximum Gasteiger partial charge on any atom is 0.387 e. The number of alkyl halides is 2. The summed E-state index contributed by atoms with van der Waals surface area (Å²) in [5.41, 5.74) is 0.392. The van der Waals surface area contributed by atoms with Gasteiger partial charge in [-0.1, -0.05) is 32.9 Å². The van der Waals surface area contributed by atoms with Crippen molar-refractivity contribution in [2.24, 2.45) is 4.99 Å². The number of benzene rings is 1. The summed E-state index contributed by atoms with van der Waals surface area (Å²) in [6.07, 6.45) is 1.71. The number of nitrogens with zero attached hydrogens (tertiary/aromatic N) is 2. The van der Waals surface area contributed by atoms with Crippen LogP contribution < -0.4 is 20.1 Å². The van der Waals surface area contributed by atoms with E-state index in [9.17, 15) is 8.78 Å². The predicted molar refractivity (Wildman–Crippen MR) is 122 cm³/mol. The summed E-state index contributed by atoms with van der Waals surface area (Å²) in [5, 5.41) is 6.15. The van der Waals surface area contributed by atoms with Gasteiger partial charge in [-0.25, -0.2) is 4.98 Å². The Bertz CT molecular complexity index is 823. The average Bonchev–Trinajstić information content (AvgIpc) is 3.13. The molecule has 2 rings (SSSR count). The first-order valence-corrected chi connectivity index (χ1v) is 9.33. The number of hydrogen-bond donors (Lipinski definition) is 2. The summed E-state index contributed by atoms with van der Waals surface area (Å²) in [6, 6.07) is 4.99. The summed E-state index contributed by atoms with van der Waals surface area (Å²) >= 11 is 0. The lowest BCUT2D eigenvalue weighted by molar-refractivity contribution is -0.0520.